The second kappa shape index (κ2) is 6.51. The first-order chi connectivity index (χ1) is 9.88. The molecule has 3 rings (SSSR count). The molecule has 1 atom stereocenters. The van der Waals surface area contributed by atoms with E-state index in [2.05, 4.69) is 47.0 Å². The summed E-state index contributed by atoms with van der Waals surface area (Å²) in [7, 11) is 0. The van der Waals surface area contributed by atoms with Gasteiger partial charge in [-0.15, -0.1) is 11.3 Å². The average molecular weight is 286 g/mol. The van der Waals surface area contributed by atoms with Gasteiger partial charge in [0.1, 0.15) is 0 Å². The molecule has 1 aliphatic carbocycles. The summed E-state index contributed by atoms with van der Waals surface area (Å²) in [6.07, 6.45) is 10.8. The molecule has 3 heteroatoms. The van der Waals surface area contributed by atoms with Gasteiger partial charge < -0.3 is 5.32 Å². The molecule has 20 heavy (non-hydrogen) atoms. The van der Waals surface area contributed by atoms with E-state index in [4.69, 9.17) is 0 Å². The van der Waals surface area contributed by atoms with E-state index in [9.17, 15) is 0 Å². The number of hydrogen-bond donors (Lipinski definition) is 1. The highest BCUT2D eigenvalue weighted by molar-refractivity contribution is 7.17. The molecular formula is C17H22N2S. The number of thiophene rings is 1. The molecule has 0 aliphatic heterocycles. The van der Waals surface area contributed by atoms with E-state index in [1.54, 1.807) is 16.9 Å². The van der Waals surface area contributed by atoms with Crippen molar-refractivity contribution in [2.45, 2.75) is 45.1 Å². The molecule has 1 unspecified atom stereocenters. The molecule has 0 radical (unpaired) electrons. The first-order valence-electron chi connectivity index (χ1n) is 7.64. The summed E-state index contributed by atoms with van der Waals surface area (Å²) < 4.78 is 1.29. The van der Waals surface area contributed by atoms with Crippen LogP contribution in [0.5, 0.6) is 0 Å². The van der Waals surface area contributed by atoms with Gasteiger partial charge in [-0.05, 0) is 61.7 Å². The normalized spacial score (nSPS) is 17.1. The molecule has 106 valence electrons. The van der Waals surface area contributed by atoms with E-state index in [0.717, 1.165) is 12.1 Å². The SMILES string of the molecule is CCCNC(C1=CCCCC1)c1cnc2ccsc2c1. The summed E-state index contributed by atoms with van der Waals surface area (Å²) in [6, 6.07) is 4.77. The van der Waals surface area contributed by atoms with Crippen LogP contribution in [0.4, 0.5) is 0 Å². The third-order valence-electron chi connectivity index (χ3n) is 3.95. The Balaban J connectivity index is 1.92. The van der Waals surface area contributed by atoms with Gasteiger partial charge in [0.2, 0.25) is 0 Å². The number of nitrogens with zero attached hydrogens (tertiary/aromatic N) is 1. The Morgan fingerprint density at radius 2 is 2.35 bits per heavy atom. The lowest BCUT2D eigenvalue weighted by molar-refractivity contribution is 0.546. The molecule has 0 saturated carbocycles. The van der Waals surface area contributed by atoms with Gasteiger partial charge in [0.15, 0.2) is 0 Å². The zero-order chi connectivity index (χ0) is 13.8. The highest BCUT2D eigenvalue weighted by Gasteiger charge is 2.18. The standard InChI is InChI=1S/C17H22N2S/c1-2-9-18-17(13-6-4-3-5-7-13)14-11-16-15(19-12-14)8-10-20-16/h6,8,10-12,17-18H,2-5,7,9H2,1H3. The van der Waals surface area contributed by atoms with Crippen LogP contribution >= 0.6 is 11.3 Å². The number of fused-ring (bicyclic) bond motifs is 1. The fraction of sp³-hybridized carbons (Fsp3) is 0.471. The van der Waals surface area contributed by atoms with E-state index in [1.165, 1.54) is 42.4 Å². The van der Waals surface area contributed by atoms with Crippen molar-refractivity contribution >= 4 is 21.6 Å². The van der Waals surface area contributed by atoms with Crippen LogP contribution in [-0.4, -0.2) is 11.5 Å². The Morgan fingerprint density at radius 3 is 3.15 bits per heavy atom. The van der Waals surface area contributed by atoms with E-state index in [0.29, 0.717) is 6.04 Å². The lowest BCUT2D eigenvalue weighted by Crippen LogP contribution is -2.24. The lowest BCUT2D eigenvalue weighted by atomic mass is 9.90. The molecule has 0 aromatic carbocycles. The van der Waals surface area contributed by atoms with Crippen LogP contribution in [0.15, 0.2) is 35.4 Å². The van der Waals surface area contributed by atoms with Gasteiger partial charge >= 0.3 is 0 Å². The van der Waals surface area contributed by atoms with Gasteiger partial charge in [-0.3, -0.25) is 4.98 Å². The minimum Gasteiger partial charge on any atom is -0.306 e. The molecule has 0 spiro atoms. The Bertz CT molecular complexity index is 600. The van der Waals surface area contributed by atoms with E-state index in [-0.39, 0.29) is 0 Å². The summed E-state index contributed by atoms with van der Waals surface area (Å²) in [5, 5.41) is 5.83. The molecule has 1 N–H and O–H groups in total. The predicted octanol–water partition coefficient (Wildman–Crippen LogP) is 4.84. The zero-order valence-electron chi connectivity index (χ0n) is 12.1. The van der Waals surface area contributed by atoms with Crippen LogP contribution in [0, 0.1) is 0 Å². The third kappa shape index (κ3) is 2.94. The molecule has 2 aromatic heterocycles. The summed E-state index contributed by atoms with van der Waals surface area (Å²) >= 11 is 1.78. The van der Waals surface area contributed by atoms with Crippen LogP contribution in [0.2, 0.25) is 0 Å². The van der Waals surface area contributed by atoms with Crippen LogP contribution < -0.4 is 5.32 Å². The van der Waals surface area contributed by atoms with Crippen molar-refractivity contribution in [3.05, 3.63) is 40.9 Å². The van der Waals surface area contributed by atoms with E-state index < -0.39 is 0 Å². The maximum absolute atomic E-state index is 4.61. The van der Waals surface area contributed by atoms with Crippen molar-refractivity contribution in [2.75, 3.05) is 6.54 Å². The zero-order valence-corrected chi connectivity index (χ0v) is 12.9. The molecule has 2 aromatic rings. The van der Waals surface area contributed by atoms with Crippen molar-refractivity contribution in [1.29, 1.82) is 0 Å². The molecule has 0 bridgehead atoms. The smallest absolute Gasteiger partial charge is 0.0809 e. The molecule has 0 fully saturated rings. The van der Waals surface area contributed by atoms with Gasteiger partial charge in [-0.25, -0.2) is 0 Å². The van der Waals surface area contributed by atoms with Crippen molar-refractivity contribution < 1.29 is 0 Å². The van der Waals surface area contributed by atoms with E-state index >= 15 is 0 Å². The summed E-state index contributed by atoms with van der Waals surface area (Å²) in [4.78, 5) is 4.61. The maximum atomic E-state index is 4.61. The van der Waals surface area contributed by atoms with Crippen molar-refractivity contribution in [2.24, 2.45) is 0 Å². The summed E-state index contributed by atoms with van der Waals surface area (Å²) in [5.41, 5.74) is 3.99. The first-order valence-corrected chi connectivity index (χ1v) is 8.52. The quantitative estimate of drug-likeness (QED) is 0.796. The van der Waals surface area contributed by atoms with Gasteiger partial charge in [0.25, 0.3) is 0 Å². The Kier molecular flexibility index (Phi) is 4.48. The van der Waals surface area contributed by atoms with Crippen molar-refractivity contribution in [3.63, 3.8) is 0 Å². The van der Waals surface area contributed by atoms with Crippen molar-refractivity contribution in [3.8, 4) is 0 Å². The fourth-order valence-corrected chi connectivity index (χ4v) is 3.69. The van der Waals surface area contributed by atoms with E-state index in [1.807, 2.05) is 0 Å². The Hall–Kier alpha value is -1.19. The molecular weight excluding hydrogens is 264 g/mol. The third-order valence-corrected chi connectivity index (χ3v) is 4.81. The molecule has 2 heterocycles. The second-order valence-electron chi connectivity index (χ2n) is 5.48. The van der Waals surface area contributed by atoms with Crippen LogP contribution in [0.1, 0.15) is 50.6 Å². The summed E-state index contributed by atoms with van der Waals surface area (Å²) in [6.45, 7) is 3.28. The molecule has 2 nitrogen and oxygen atoms in total. The largest absolute Gasteiger partial charge is 0.306 e. The minimum atomic E-state index is 0.356. The first kappa shape index (κ1) is 13.8. The highest BCUT2D eigenvalue weighted by Crippen LogP contribution is 2.31. The molecule has 1 aliphatic rings. The maximum Gasteiger partial charge on any atom is 0.0809 e. The molecule has 0 saturated heterocycles. The lowest BCUT2D eigenvalue weighted by Gasteiger charge is -2.24. The summed E-state index contributed by atoms with van der Waals surface area (Å²) in [5.74, 6) is 0. The fourth-order valence-electron chi connectivity index (χ4n) is 2.90. The number of rotatable bonds is 5. The second-order valence-corrected chi connectivity index (χ2v) is 6.43. The number of aromatic nitrogens is 1. The minimum absolute atomic E-state index is 0.356. The highest BCUT2D eigenvalue weighted by atomic mass is 32.1. The Morgan fingerprint density at radius 1 is 1.40 bits per heavy atom. The number of allylic oxidation sites excluding steroid dienone is 1. The van der Waals surface area contributed by atoms with Gasteiger partial charge in [-0.1, -0.05) is 18.6 Å². The van der Waals surface area contributed by atoms with Crippen LogP contribution in [0.25, 0.3) is 10.2 Å². The van der Waals surface area contributed by atoms with Gasteiger partial charge in [0.05, 0.1) is 16.3 Å². The van der Waals surface area contributed by atoms with Crippen LogP contribution in [-0.2, 0) is 0 Å². The number of nitrogens with one attached hydrogen (secondary N) is 1. The average Bonchev–Trinajstić information content (AvgIpc) is 2.96. The monoisotopic (exact) mass is 286 g/mol. The predicted molar refractivity (Wildman–Crippen MR) is 87.2 cm³/mol. The number of hydrogen-bond acceptors (Lipinski definition) is 3. The van der Waals surface area contributed by atoms with Crippen molar-refractivity contribution in [1.82, 2.24) is 10.3 Å². The van der Waals surface area contributed by atoms with Gasteiger partial charge in [0, 0.05) is 6.20 Å². The Labute approximate surface area is 124 Å². The topological polar surface area (TPSA) is 24.9 Å². The molecule has 0 amide bonds. The van der Waals surface area contributed by atoms with Gasteiger partial charge in [-0.2, -0.15) is 0 Å². The number of pyridine rings is 1. The van der Waals surface area contributed by atoms with Crippen LogP contribution in [0.3, 0.4) is 0 Å².